The van der Waals surface area contributed by atoms with Gasteiger partial charge in [-0.15, -0.1) is 0 Å². The summed E-state index contributed by atoms with van der Waals surface area (Å²) in [5, 5.41) is 9.19. The Hall–Kier alpha value is -3.80. The minimum absolute atomic E-state index is 0.123. The number of nitrogens with one attached hydrogen (secondary N) is 3. The number of carbonyl (C=O) groups excluding carboxylic acids is 2. The van der Waals surface area contributed by atoms with Gasteiger partial charge < -0.3 is 20.7 Å². The van der Waals surface area contributed by atoms with Crippen molar-refractivity contribution < 1.29 is 14.3 Å². The van der Waals surface area contributed by atoms with Gasteiger partial charge in [-0.3, -0.25) is 9.59 Å². The molecule has 0 radical (unpaired) electrons. The lowest BCUT2D eigenvalue weighted by atomic mass is 9.96. The van der Waals surface area contributed by atoms with Crippen LogP contribution in [0.15, 0.2) is 72.8 Å². The second-order valence-electron chi connectivity index (χ2n) is 7.99. The Morgan fingerprint density at radius 2 is 1.55 bits per heavy atom. The van der Waals surface area contributed by atoms with Crippen LogP contribution < -0.4 is 20.7 Å². The highest BCUT2D eigenvalue weighted by molar-refractivity contribution is 5.95. The zero-order valence-corrected chi connectivity index (χ0v) is 19.4. The molecule has 0 aliphatic rings. The van der Waals surface area contributed by atoms with Gasteiger partial charge in [0, 0.05) is 30.9 Å². The van der Waals surface area contributed by atoms with E-state index in [2.05, 4.69) is 16.0 Å². The van der Waals surface area contributed by atoms with Crippen LogP contribution in [0.2, 0.25) is 0 Å². The van der Waals surface area contributed by atoms with E-state index in [0.29, 0.717) is 18.7 Å². The van der Waals surface area contributed by atoms with Crippen molar-refractivity contribution in [3.63, 3.8) is 0 Å². The summed E-state index contributed by atoms with van der Waals surface area (Å²) in [5.41, 5.74) is 4.49. The van der Waals surface area contributed by atoms with Crippen LogP contribution in [-0.4, -0.2) is 38.6 Å². The van der Waals surface area contributed by atoms with Gasteiger partial charge in [0.15, 0.2) is 0 Å². The van der Waals surface area contributed by atoms with Gasteiger partial charge in [-0.05, 0) is 55.8 Å². The van der Waals surface area contributed by atoms with Crippen LogP contribution in [0.4, 0.5) is 5.69 Å². The Morgan fingerprint density at radius 1 is 0.848 bits per heavy atom. The second-order valence-corrected chi connectivity index (χ2v) is 7.99. The maximum Gasteiger partial charge on any atom is 0.251 e. The molecule has 0 saturated carbocycles. The molecule has 3 aromatic rings. The van der Waals surface area contributed by atoms with E-state index in [4.69, 9.17) is 4.74 Å². The van der Waals surface area contributed by atoms with E-state index >= 15 is 0 Å². The van der Waals surface area contributed by atoms with Crippen LogP contribution in [0.25, 0.3) is 0 Å². The Kier molecular flexibility index (Phi) is 8.47. The third-order valence-electron chi connectivity index (χ3n) is 5.35. The lowest BCUT2D eigenvalue weighted by Crippen LogP contribution is -2.39. The molecule has 6 heteroatoms. The van der Waals surface area contributed by atoms with Crippen molar-refractivity contribution in [3.05, 3.63) is 95.1 Å². The first kappa shape index (κ1) is 23.9. The summed E-state index contributed by atoms with van der Waals surface area (Å²) in [6.07, 6.45) is 0. The number of aryl methyl sites for hydroxylation is 2. The summed E-state index contributed by atoms with van der Waals surface area (Å²) in [4.78, 5) is 25.7. The van der Waals surface area contributed by atoms with Crippen LogP contribution in [0, 0.1) is 13.8 Å². The number of amides is 2. The van der Waals surface area contributed by atoms with Gasteiger partial charge in [-0.25, -0.2) is 0 Å². The number of benzene rings is 3. The van der Waals surface area contributed by atoms with Crippen molar-refractivity contribution in [2.75, 3.05) is 32.1 Å². The van der Waals surface area contributed by atoms with Crippen molar-refractivity contribution in [3.8, 4) is 5.75 Å². The average Bonchev–Trinajstić information content (AvgIpc) is 2.82. The van der Waals surface area contributed by atoms with Crippen molar-refractivity contribution in [2.45, 2.75) is 19.8 Å². The average molecular weight is 446 g/mol. The summed E-state index contributed by atoms with van der Waals surface area (Å²) < 4.78 is 5.16. The standard InChI is InChI=1S/C27H31N3O3/c1-19-6-4-8-21(16-19)25(18-30-26(31)22-9-5-7-20(2)17-22)27(32)29-15-14-28-23-10-12-24(33-3)13-11-23/h4-13,16-17,25,28H,14-15,18H2,1-3H3,(H,29,32)(H,30,31). The van der Waals surface area contributed by atoms with Crippen LogP contribution in [0.1, 0.15) is 33.0 Å². The molecule has 3 aromatic carbocycles. The van der Waals surface area contributed by atoms with Crippen LogP contribution in [0.3, 0.4) is 0 Å². The molecule has 6 nitrogen and oxygen atoms in total. The lowest BCUT2D eigenvalue weighted by molar-refractivity contribution is -0.122. The van der Waals surface area contributed by atoms with Gasteiger partial charge in [-0.2, -0.15) is 0 Å². The molecule has 3 N–H and O–H groups in total. The molecule has 1 unspecified atom stereocenters. The van der Waals surface area contributed by atoms with Gasteiger partial charge >= 0.3 is 0 Å². The SMILES string of the molecule is COc1ccc(NCCNC(=O)C(CNC(=O)c2cccc(C)c2)c2cccc(C)c2)cc1. The van der Waals surface area contributed by atoms with Gasteiger partial charge in [0.05, 0.1) is 13.0 Å². The summed E-state index contributed by atoms with van der Waals surface area (Å²) in [6.45, 7) is 5.18. The first-order chi connectivity index (χ1) is 16.0. The van der Waals surface area contributed by atoms with E-state index in [0.717, 1.165) is 28.1 Å². The Balaban J connectivity index is 1.59. The molecular weight excluding hydrogens is 414 g/mol. The van der Waals surface area contributed by atoms with Gasteiger partial charge in [0.25, 0.3) is 5.91 Å². The van der Waals surface area contributed by atoms with E-state index in [9.17, 15) is 9.59 Å². The molecule has 0 fully saturated rings. The van der Waals surface area contributed by atoms with E-state index in [-0.39, 0.29) is 18.4 Å². The first-order valence-corrected chi connectivity index (χ1v) is 11.0. The summed E-state index contributed by atoms with van der Waals surface area (Å²) in [7, 11) is 1.63. The normalized spacial score (nSPS) is 11.4. The third kappa shape index (κ3) is 7.10. The van der Waals surface area contributed by atoms with Crippen molar-refractivity contribution in [1.29, 1.82) is 0 Å². The van der Waals surface area contributed by atoms with Crippen LogP contribution in [-0.2, 0) is 4.79 Å². The molecule has 2 amide bonds. The molecular formula is C27H31N3O3. The molecule has 0 aromatic heterocycles. The number of carbonyl (C=O) groups is 2. The molecule has 0 bridgehead atoms. The van der Waals surface area contributed by atoms with Gasteiger partial charge in [-0.1, -0.05) is 47.5 Å². The highest BCUT2D eigenvalue weighted by Crippen LogP contribution is 2.18. The Bertz CT molecular complexity index is 1080. The number of rotatable bonds is 10. The van der Waals surface area contributed by atoms with Crippen molar-refractivity contribution >= 4 is 17.5 Å². The topological polar surface area (TPSA) is 79.5 Å². The quantitative estimate of drug-likeness (QED) is 0.411. The van der Waals surface area contributed by atoms with Crippen LogP contribution >= 0.6 is 0 Å². The number of methoxy groups -OCH3 is 1. The molecule has 0 heterocycles. The minimum atomic E-state index is -0.486. The summed E-state index contributed by atoms with van der Waals surface area (Å²) in [6, 6.07) is 22.8. The van der Waals surface area contributed by atoms with Gasteiger partial charge in [0.2, 0.25) is 5.91 Å². The molecule has 0 spiro atoms. The zero-order chi connectivity index (χ0) is 23.6. The summed E-state index contributed by atoms with van der Waals surface area (Å²) >= 11 is 0. The maximum atomic E-state index is 13.0. The predicted octanol–water partition coefficient (Wildman–Crippen LogP) is 4.05. The molecule has 1 atom stereocenters. The molecule has 172 valence electrons. The predicted molar refractivity (Wildman–Crippen MR) is 132 cm³/mol. The smallest absolute Gasteiger partial charge is 0.251 e. The van der Waals surface area contributed by atoms with E-state index < -0.39 is 5.92 Å². The molecule has 33 heavy (non-hydrogen) atoms. The van der Waals surface area contributed by atoms with E-state index in [1.807, 2.05) is 80.6 Å². The number of hydrogen-bond acceptors (Lipinski definition) is 4. The van der Waals surface area contributed by atoms with Crippen LogP contribution in [0.5, 0.6) is 5.75 Å². The van der Waals surface area contributed by atoms with E-state index in [1.165, 1.54) is 0 Å². The fraction of sp³-hybridized carbons (Fsp3) is 0.259. The highest BCUT2D eigenvalue weighted by Gasteiger charge is 2.21. The first-order valence-electron chi connectivity index (χ1n) is 11.0. The Labute approximate surface area is 195 Å². The van der Waals surface area contributed by atoms with Crippen molar-refractivity contribution in [1.82, 2.24) is 10.6 Å². The monoisotopic (exact) mass is 445 g/mol. The molecule has 0 aliphatic carbocycles. The number of ether oxygens (including phenoxy) is 1. The number of hydrogen-bond donors (Lipinski definition) is 3. The highest BCUT2D eigenvalue weighted by atomic mass is 16.5. The van der Waals surface area contributed by atoms with Gasteiger partial charge in [0.1, 0.15) is 5.75 Å². The fourth-order valence-corrected chi connectivity index (χ4v) is 3.56. The second kappa shape index (κ2) is 11.7. The zero-order valence-electron chi connectivity index (χ0n) is 19.4. The molecule has 0 aliphatic heterocycles. The van der Waals surface area contributed by atoms with E-state index in [1.54, 1.807) is 13.2 Å². The maximum absolute atomic E-state index is 13.0. The molecule has 3 rings (SSSR count). The number of anilines is 1. The summed E-state index contributed by atoms with van der Waals surface area (Å²) in [5.74, 6) is -0.00537. The fourth-order valence-electron chi connectivity index (χ4n) is 3.56. The third-order valence-corrected chi connectivity index (χ3v) is 5.35. The lowest BCUT2D eigenvalue weighted by Gasteiger charge is -2.19. The largest absolute Gasteiger partial charge is 0.497 e. The Morgan fingerprint density at radius 3 is 2.21 bits per heavy atom. The minimum Gasteiger partial charge on any atom is -0.497 e. The van der Waals surface area contributed by atoms with Crippen molar-refractivity contribution in [2.24, 2.45) is 0 Å². The molecule has 0 saturated heterocycles.